The molecular weight excluding hydrogens is 336 g/mol. The van der Waals surface area contributed by atoms with Gasteiger partial charge in [0.15, 0.2) is 0 Å². The summed E-state index contributed by atoms with van der Waals surface area (Å²) < 4.78 is 26.5. The van der Waals surface area contributed by atoms with E-state index in [2.05, 4.69) is 10.6 Å². The van der Waals surface area contributed by atoms with Crippen molar-refractivity contribution in [2.75, 3.05) is 18.4 Å². The van der Waals surface area contributed by atoms with Crippen molar-refractivity contribution in [2.45, 2.75) is 24.8 Å². The fraction of sp³-hybridized carbons (Fsp3) is 0.438. The molecule has 2 heterocycles. The molecule has 3 rings (SSSR count). The van der Waals surface area contributed by atoms with Crippen LogP contribution in [0.25, 0.3) is 0 Å². The summed E-state index contributed by atoms with van der Waals surface area (Å²) in [6.07, 6.45) is 0.534. The fourth-order valence-electron chi connectivity index (χ4n) is 3.49. The monoisotopic (exact) mass is 353 g/mol. The molecule has 0 aromatic heterocycles. The predicted molar refractivity (Wildman–Crippen MR) is 82.8 cm³/mol. The third-order valence-electron chi connectivity index (χ3n) is 4.86. The van der Waals surface area contributed by atoms with E-state index >= 15 is 0 Å². The molecule has 0 aliphatic carbocycles. The zero-order valence-electron chi connectivity index (χ0n) is 13.2. The number of amides is 3. The second kappa shape index (κ2) is 6.30. The Morgan fingerprint density at radius 1 is 1.28 bits per heavy atom. The Kier molecular flexibility index (Phi) is 4.32. The van der Waals surface area contributed by atoms with Crippen molar-refractivity contribution in [3.63, 3.8) is 0 Å². The summed E-state index contributed by atoms with van der Waals surface area (Å²) in [5.41, 5.74) is -0.981. The summed E-state index contributed by atoms with van der Waals surface area (Å²) >= 11 is 0. The Morgan fingerprint density at radius 2 is 1.96 bits per heavy atom. The quantitative estimate of drug-likeness (QED) is 0.751. The van der Waals surface area contributed by atoms with Crippen molar-refractivity contribution < 1.29 is 28.3 Å². The second-order valence-electron chi connectivity index (χ2n) is 6.34. The van der Waals surface area contributed by atoms with Crippen molar-refractivity contribution in [3.8, 4) is 0 Å². The number of nitrogens with zero attached hydrogens (tertiary/aromatic N) is 1. The zero-order valence-corrected chi connectivity index (χ0v) is 13.2. The molecule has 2 saturated heterocycles. The number of halogens is 2. The Balaban J connectivity index is 1.64. The molecule has 0 radical (unpaired) electrons. The Labute approximate surface area is 142 Å². The van der Waals surface area contributed by atoms with Gasteiger partial charge in [-0.2, -0.15) is 0 Å². The number of carboxylic acids is 1. The van der Waals surface area contributed by atoms with Crippen molar-refractivity contribution in [2.24, 2.45) is 5.92 Å². The lowest BCUT2D eigenvalue weighted by Crippen LogP contribution is -2.57. The summed E-state index contributed by atoms with van der Waals surface area (Å²) in [7, 11) is 0. The van der Waals surface area contributed by atoms with Crippen molar-refractivity contribution in [1.82, 2.24) is 10.2 Å². The van der Waals surface area contributed by atoms with E-state index in [0.717, 1.165) is 12.1 Å². The summed E-state index contributed by atoms with van der Waals surface area (Å²) in [5, 5.41) is 14.4. The number of hydrogen-bond acceptors (Lipinski definition) is 3. The first-order valence-corrected chi connectivity index (χ1v) is 7.85. The largest absolute Gasteiger partial charge is 0.481 e. The molecule has 1 aromatic carbocycles. The van der Waals surface area contributed by atoms with Gasteiger partial charge in [-0.25, -0.2) is 13.6 Å². The molecule has 3 N–H and O–H groups in total. The number of anilines is 1. The number of nitrogens with one attached hydrogen (secondary N) is 2. The van der Waals surface area contributed by atoms with Gasteiger partial charge in [0.2, 0.25) is 5.91 Å². The minimum absolute atomic E-state index is 0.0671. The van der Waals surface area contributed by atoms with Crippen LogP contribution in [-0.4, -0.2) is 46.5 Å². The predicted octanol–water partition coefficient (Wildman–Crippen LogP) is 1.55. The van der Waals surface area contributed by atoms with E-state index in [9.17, 15) is 28.3 Å². The highest BCUT2D eigenvalue weighted by Crippen LogP contribution is 2.37. The van der Waals surface area contributed by atoms with Crippen LogP contribution >= 0.6 is 0 Å². The molecule has 1 spiro atoms. The van der Waals surface area contributed by atoms with Gasteiger partial charge in [0.05, 0.1) is 17.1 Å². The maximum atomic E-state index is 13.6. The van der Waals surface area contributed by atoms with Crippen LogP contribution in [-0.2, 0) is 9.59 Å². The van der Waals surface area contributed by atoms with E-state index in [-0.39, 0.29) is 31.1 Å². The summed E-state index contributed by atoms with van der Waals surface area (Å²) in [5.74, 6) is -3.79. The Morgan fingerprint density at radius 3 is 2.56 bits per heavy atom. The topological polar surface area (TPSA) is 98.7 Å². The highest BCUT2D eigenvalue weighted by Gasteiger charge is 2.52. The van der Waals surface area contributed by atoms with Crippen LogP contribution in [0.15, 0.2) is 18.2 Å². The normalized spacial score (nSPS) is 21.9. The standard InChI is InChI=1S/C16H17F2N3O4/c17-9-1-2-12(11(18)7-9)19-15(25)21-5-3-16(4-6-21)10(14(23)24)8-13(22)20-16/h1-2,7,10H,3-6,8H2,(H,19,25)(H,20,22)(H,23,24)/t10-/m0/s1. The minimum atomic E-state index is -1.04. The number of carbonyl (C=O) groups is 3. The summed E-state index contributed by atoms with van der Waals surface area (Å²) in [6, 6.07) is 2.28. The average molecular weight is 353 g/mol. The lowest BCUT2D eigenvalue weighted by Gasteiger charge is -2.41. The van der Waals surface area contributed by atoms with Gasteiger partial charge in [0.25, 0.3) is 0 Å². The summed E-state index contributed by atoms with van der Waals surface area (Å²) in [4.78, 5) is 36.7. The first-order valence-electron chi connectivity index (χ1n) is 7.85. The first-order chi connectivity index (χ1) is 11.8. The number of benzene rings is 1. The maximum absolute atomic E-state index is 13.6. The van der Waals surface area contributed by atoms with E-state index in [1.165, 1.54) is 4.90 Å². The van der Waals surface area contributed by atoms with Crippen LogP contribution in [0.4, 0.5) is 19.3 Å². The van der Waals surface area contributed by atoms with Gasteiger partial charge in [0, 0.05) is 25.6 Å². The molecule has 134 valence electrons. The average Bonchev–Trinajstić information content (AvgIpc) is 2.87. The smallest absolute Gasteiger partial charge is 0.321 e. The molecule has 0 saturated carbocycles. The van der Waals surface area contributed by atoms with Crippen molar-refractivity contribution >= 4 is 23.6 Å². The van der Waals surface area contributed by atoms with Gasteiger partial charge in [-0.05, 0) is 25.0 Å². The second-order valence-corrected chi connectivity index (χ2v) is 6.34. The third-order valence-corrected chi connectivity index (χ3v) is 4.86. The maximum Gasteiger partial charge on any atom is 0.321 e. The van der Waals surface area contributed by atoms with Gasteiger partial charge >= 0.3 is 12.0 Å². The third kappa shape index (κ3) is 3.26. The molecule has 25 heavy (non-hydrogen) atoms. The number of carboxylic acid groups (broad SMARTS) is 1. The van der Waals surface area contributed by atoms with Crippen LogP contribution in [0.1, 0.15) is 19.3 Å². The van der Waals surface area contributed by atoms with Gasteiger partial charge in [-0.15, -0.1) is 0 Å². The number of urea groups is 1. The van der Waals surface area contributed by atoms with Crippen molar-refractivity contribution in [1.29, 1.82) is 0 Å². The molecule has 0 bridgehead atoms. The molecule has 1 atom stereocenters. The van der Waals surface area contributed by atoms with E-state index in [1.54, 1.807) is 0 Å². The molecule has 9 heteroatoms. The van der Waals surface area contributed by atoms with Gasteiger partial charge in [-0.3, -0.25) is 9.59 Å². The lowest BCUT2D eigenvalue weighted by molar-refractivity contribution is -0.144. The number of aliphatic carboxylic acids is 1. The molecule has 1 aromatic rings. The zero-order chi connectivity index (χ0) is 18.2. The molecular formula is C16H17F2N3O4. The number of hydrogen-bond donors (Lipinski definition) is 3. The number of piperidine rings is 1. The number of carbonyl (C=O) groups excluding carboxylic acids is 2. The van der Waals surface area contributed by atoms with Crippen LogP contribution in [0.2, 0.25) is 0 Å². The number of rotatable bonds is 2. The van der Waals surface area contributed by atoms with Gasteiger partial charge in [-0.1, -0.05) is 0 Å². The molecule has 2 fully saturated rings. The molecule has 0 unspecified atom stereocenters. The van der Waals surface area contributed by atoms with Crippen LogP contribution in [0, 0.1) is 17.6 Å². The number of likely N-dealkylation sites (tertiary alicyclic amines) is 1. The highest BCUT2D eigenvalue weighted by atomic mass is 19.1. The van der Waals surface area contributed by atoms with E-state index in [0.29, 0.717) is 18.9 Å². The molecule has 7 nitrogen and oxygen atoms in total. The minimum Gasteiger partial charge on any atom is -0.481 e. The fourth-order valence-corrected chi connectivity index (χ4v) is 3.49. The Bertz CT molecular complexity index is 732. The van der Waals surface area contributed by atoms with Crippen LogP contribution in [0.3, 0.4) is 0 Å². The van der Waals surface area contributed by atoms with Crippen LogP contribution in [0.5, 0.6) is 0 Å². The molecule has 2 aliphatic heterocycles. The lowest BCUT2D eigenvalue weighted by atomic mass is 9.78. The highest BCUT2D eigenvalue weighted by molar-refractivity contribution is 5.90. The SMILES string of the molecule is O=C1C[C@@H](C(=O)O)C2(CCN(C(=O)Nc3ccc(F)cc3F)CC2)N1. The molecule has 3 amide bonds. The summed E-state index contributed by atoms with van der Waals surface area (Å²) in [6.45, 7) is 0.442. The first kappa shape index (κ1) is 17.1. The molecule has 2 aliphatic rings. The van der Waals surface area contributed by atoms with E-state index in [1.807, 2.05) is 0 Å². The van der Waals surface area contributed by atoms with E-state index < -0.39 is 35.1 Å². The van der Waals surface area contributed by atoms with Gasteiger partial charge < -0.3 is 20.6 Å². The van der Waals surface area contributed by atoms with E-state index in [4.69, 9.17) is 0 Å². The Hall–Kier alpha value is -2.71. The van der Waals surface area contributed by atoms with Crippen molar-refractivity contribution in [3.05, 3.63) is 29.8 Å². The van der Waals surface area contributed by atoms with Crippen LogP contribution < -0.4 is 10.6 Å². The van der Waals surface area contributed by atoms with Gasteiger partial charge in [0.1, 0.15) is 11.6 Å².